The number of hydrogen-bond donors (Lipinski definition) is 2. The van der Waals surface area contributed by atoms with Crippen LogP contribution in [0.25, 0.3) is 0 Å². The van der Waals surface area contributed by atoms with E-state index in [-0.39, 0.29) is 23.3 Å². The molecule has 3 nitrogen and oxygen atoms in total. The van der Waals surface area contributed by atoms with Crippen molar-refractivity contribution in [2.75, 3.05) is 4.43 Å². The summed E-state index contributed by atoms with van der Waals surface area (Å²) < 4.78 is 1.17. The van der Waals surface area contributed by atoms with Crippen molar-refractivity contribution in [1.29, 1.82) is 0 Å². The van der Waals surface area contributed by atoms with Crippen LogP contribution in [-0.4, -0.2) is 21.5 Å². The van der Waals surface area contributed by atoms with E-state index in [1.54, 1.807) is 17.2 Å². The summed E-state index contributed by atoms with van der Waals surface area (Å²) in [6.07, 6.45) is 7.52. The Kier molecular flexibility index (Phi) is 6.12. The quantitative estimate of drug-likeness (QED) is 0.389. The minimum absolute atomic E-state index is 0.00574. The summed E-state index contributed by atoms with van der Waals surface area (Å²) in [7, 11) is 0. The Morgan fingerprint density at radius 2 is 2.03 bits per heavy atom. The number of carbonyl (C=O) groups excluding carboxylic acids is 1. The van der Waals surface area contributed by atoms with Crippen molar-refractivity contribution in [2.45, 2.75) is 63.9 Å². The Morgan fingerprint density at radius 1 is 1.19 bits per heavy atom. The normalized spacial score (nSPS) is 33.3. The zero-order chi connectivity index (χ0) is 22.5. The van der Waals surface area contributed by atoms with Crippen LogP contribution in [0.3, 0.4) is 0 Å². The number of primary amides is 1. The number of hydrogen-bond acceptors (Lipinski definition) is 2. The molecule has 3 aliphatic carbocycles. The number of aliphatic hydroxyl groups is 1. The van der Waals surface area contributed by atoms with Crippen LogP contribution in [0.4, 0.5) is 0 Å². The third kappa shape index (κ3) is 3.81. The third-order valence-corrected chi connectivity index (χ3v) is 9.54. The van der Waals surface area contributed by atoms with Gasteiger partial charge in [-0.05, 0) is 108 Å². The number of nitrogens with two attached hydrogens (primary N) is 1. The van der Waals surface area contributed by atoms with Gasteiger partial charge in [-0.15, -0.1) is 0 Å². The highest BCUT2D eigenvalue weighted by molar-refractivity contribution is 14.1. The predicted octanol–water partition coefficient (Wildman–Crippen LogP) is 5.45. The summed E-state index contributed by atoms with van der Waals surface area (Å²) in [6, 6.07) is 14.9. The van der Waals surface area contributed by atoms with Crippen molar-refractivity contribution in [2.24, 2.45) is 28.9 Å². The number of carbonyl (C=O) groups is 1. The maximum Gasteiger partial charge on any atom is 0.248 e. The molecule has 0 unspecified atom stereocenters. The van der Waals surface area contributed by atoms with Crippen LogP contribution in [0.5, 0.6) is 0 Å². The molecule has 2 fully saturated rings. The van der Waals surface area contributed by atoms with Gasteiger partial charge in [0, 0.05) is 9.99 Å². The highest BCUT2D eigenvalue weighted by atomic mass is 127. The number of aliphatic hydroxyl groups excluding tert-OH is 1. The number of amides is 1. The van der Waals surface area contributed by atoms with Gasteiger partial charge in [-0.1, -0.05) is 59.8 Å². The lowest BCUT2D eigenvalue weighted by atomic mass is 9.55. The van der Waals surface area contributed by atoms with Crippen LogP contribution in [0, 0.1) is 23.2 Å². The second kappa shape index (κ2) is 8.75. The van der Waals surface area contributed by atoms with E-state index < -0.39 is 0 Å². The fourth-order valence-electron chi connectivity index (χ4n) is 7.40. The molecule has 6 atom stereocenters. The van der Waals surface area contributed by atoms with E-state index >= 15 is 0 Å². The van der Waals surface area contributed by atoms with Gasteiger partial charge in [0.05, 0.1) is 6.10 Å². The van der Waals surface area contributed by atoms with Gasteiger partial charge >= 0.3 is 0 Å². The van der Waals surface area contributed by atoms with Crippen molar-refractivity contribution in [3.05, 3.63) is 70.3 Å². The van der Waals surface area contributed by atoms with Gasteiger partial charge < -0.3 is 10.8 Å². The number of benzene rings is 2. The second-order valence-corrected chi connectivity index (χ2v) is 11.7. The second-order valence-electron chi connectivity index (χ2n) is 10.6. The van der Waals surface area contributed by atoms with E-state index in [1.165, 1.54) is 29.3 Å². The van der Waals surface area contributed by atoms with Gasteiger partial charge in [0.2, 0.25) is 5.91 Å². The third-order valence-electron chi connectivity index (χ3n) is 9.00. The Labute approximate surface area is 205 Å². The maximum atomic E-state index is 11.6. The predicted molar refractivity (Wildman–Crippen MR) is 137 cm³/mol. The molecule has 3 N–H and O–H groups in total. The Hall–Kier alpha value is -1.40. The Balaban J connectivity index is 1.38. The molecule has 0 heterocycles. The summed E-state index contributed by atoms with van der Waals surface area (Å²) in [4.78, 5) is 11.6. The van der Waals surface area contributed by atoms with Crippen molar-refractivity contribution in [3.63, 3.8) is 0 Å². The molecule has 0 bridgehead atoms. The molecule has 0 aromatic heterocycles. The smallest absolute Gasteiger partial charge is 0.248 e. The van der Waals surface area contributed by atoms with Gasteiger partial charge in [0.1, 0.15) is 0 Å². The van der Waals surface area contributed by atoms with E-state index in [1.807, 2.05) is 12.1 Å². The van der Waals surface area contributed by atoms with Gasteiger partial charge in [-0.2, -0.15) is 0 Å². The molecular formula is C28H34INO2. The van der Waals surface area contributed by atoms with Crippen molar-refractivity contribution in [3.8, 4) is 0 Å². The van der Waals surface area contributed by atoms with Gasteiger partial charge in [-0.25, -0.2) is 0 Å². The van der Waals surface area contributed by atoms with E-state index in [4.69, 9.17) is 5.73 Å². The van der Waals surface area contributed by atoms with Crippen molar-refractivity contribution in [1.82, 2.24) is 0 Å². The zero-order valence-corrected chi connectivity index (χ0v) is 21.1. The first-order valence-corrected chi connectivity index (χ1v) is 13.7. The minimum atomic E-state index is -0.384. The lowest BCUT2D eigenvalue weighted by Crippen LogP contribution is -2.44. The van der Waals surface area contributed by atoms with E-state index in [0.29, 0.717) is 23.3 Å². The largest absolute Gasteiger partial charge is 0.392 e. The molecule has 0 spiro atoms. The SMILES string of the molecule is C[C@]12CC[C@@H]3c4ccc(CCI)cc4CC[C@H]3[C@@H]1C[C@H](Cc1cccc(C(N)=O)c1)[C@@H]2O. The molecule has 2 aromatic rings. The fraction of sp³-hybridized carbons (Fsp3) is 0.536. The number of aryl methyl sites for hydroxylation is 2. The molecule has 2 aromatic carbocycles. The number of alkyl halides is 1. The molecule has 3 aliphatic rings. The van der Waals surface area contributed by atoms with Crippen molar-refractivity contribution >= 4 is 28.5 Å². The standard InChI is InChI=1S/C28H34INO2/c1-28-11-9-23-22-7-5-17(10-12-29)13-19(22)6-8-24(23)25(28)16-21(26(28)31)15-18-3-2-4-20(14-18)27(30)32/h2-5,7,13-14,21,23-26,31H,6,8-12,15-16H2,1H3,(H2,30,32)/t21-,23+,24+,25-,26-,28-/m0/s1. The van der Waals surface area contributed by atoms with E-state index in [2.05, 4.69) is 53.8 Å². The van der Waals surface area contributed by atoms with Crippen LogP contribution in [0.1, 0.15) is 71.1 Å². The van der Waals surface area contributed by atoms with Crippen molar-refractivity contribution < 1.29 is 9.90 Å². The number of halogens is 1. The Morgan fingerprint density at radius 3 is 2.81 bits per heavy atom. The molecule has 1 amide bonds. The average Bonchev–Trinajstić information content (AvgIpc) is 3.04. The molecular weight excluding hydrogens is 509 g/mol. The summed E-state index contributed by atoms with van der Waals surface area (Å²) in [5, 5.41) is 11.5. The minimum Gasteiger partial charge on any atom is -0.392 e. The summed E-state index contributed by atoms with van der Waals surface area (Å²) in [6.45, 7) is 2.34. The molecule has 170 valence electrons. The number of fused-ring (bicyclic) bond motifs is 5. The summed E-state index contributed by atoms with van der Waals surface area (Å²) in [5.74, 6) is 1.76. The van der Waals surface area contributed by atoms with Crippen LogP contribution in [0.2, 0.25) is 0 Å². The Bertz CT molecular complexity index is 1020. The first-order valence-electron chi connectivity index (χ1n) is 12.1. The number of rotatable bonds is 5. The first-order chi connectivity index (χ1) is 15.4. The van der Waals surface area contributed by atoms with Crippen LogP contribution in [-0.2, 0) is 19.3 Å². The summed E-state index contributed by atoms with van der Waals surface area (Å²) >= 11 is 2.46. The van der Waals surface area contributed by atoms with Gasteiger partial charge in [0.25, 0.3) is 0 Å². The zero-order valence-electron chi connectivity index (χ0n) is 18.9. The summed E-state index contributed by atoms with van der Waals surface area (Å²) in [5.41, 5.74) is 11.8. The molecule has 5 rings (SSSR count). The van der Waals surface area contributed by atoms with E-state index in [9.17, 15) is 9.90 Å². The molecule has 0 radical (unpaired) electrons. The lowest BCUT2D eigenvalue weighted by Gasteiger charge is -2.50. The van der Waals surface area contributed by atoms with Gasteiger partial charge in [0.15, 0.2) is 0 Å². The fourth-order valence-corrected chi connectivity index (χ4v) is 8.02. The maximum absolute atomic E-state index is 11.6. The lowest BCUT2D eigenvalue weighted by molar-refractivity contribution is -0.0325. The van der Waals surface area contributed by atoms with Crippen LogP contribution in [0.15, 0.2) is 42.5 Å². The molecule has 4 heteroatoms. The first kappa shape index (κ1) is 22.4. The monoisotopic (exact) mass is 543 g/mol. The highest BCUT2D eigenvalue weighted by Gasteiger charge is 2.57. The van der Waals surface area contributed by atoms with E-state index in [0.717, 1.165) is 31.2 Å². The molecule has 0 saturated heterocycles. The average molecular weight is 543 g/mol. The molecule has 0 aliphatic heterocycles. The van der Waals surface area contributed by atoms with Crippen LogP contribution < -0.4 is 5.73 Å². The highest BCUT2D eigenvalue weighted by Crippen LogP contribution is 2.62. The molecule has 32 heavy (non-hydrogen) atoms. The topological polar surface area (TPSA) is 63.3 Å². The van der Waals surface area contributed by atoms with Gasteiger partial charge in [-0.3, -0.25) is 4.79 Å². The van der Waals surface area contributed by atoms with Crippen LogP contribution >= 0.6 is 22.6 Å². The molecule has 2 saturated carbocycles.